The van der Waals surface area contributed by atoms with Crippen molar-refractivity contribution in [1.82, 2.24) is 14.5 Å². The summed E-state index contributed by atoms with van der Waals surface area (Å²) < 4.78 is 50.3. The van der Waals surface area contributed by atoms with Crippen LogP contribution in [0.4, 0.5) is 8.78 Å². The number of nitrogens with one attached hydrogen (secondary N) is 1. The molecule has 2 rings (SSSR count). The van der Waals surface area contributed by atoms with Gasteiger partial charge in [-0.2, -0.15) is 18.6 Å². The first kappa shape index (κ1) is 12.7. The Kier molecular flexibility index (Phi) is 3.39. The number of aromatic nitrogens is 2. The minimum atomic E-state index is -4.28. The average molecular weight is 273 g/mol. The molecule has 0 unspecified atom stereocenters. The molecule has 0 radical (unpaired) electrons. The fourth-order valence-electron chi connectivity index (χ4n) is 1.47. The lowest BCUT2D eigenvalue weighted by Gasteiger charge is -2.10. The van der Waals surface area contributed by atoms with Gasteiger partial charge in [0, 0.05) is 12.4 Å². The molecule has 18 heavy (non-hydrogen) atoms. The van der Waals surface area contributed by atoms with Gasteiger partial charge in [0.1, 0.15) is 4.90 Å². The normalized spacial score (nSPS) is 11.9. The largest absolute Gasteiger partial charge is 0.305 e. The van der Waals surface area contributed by atoms with Crippen molar-refractivity contribution in [3.05, 3.63) is 42.7 Å². The van der Waals surface area contributed by atoms with Crippen LogP contribution in [0, 0.1) is 0 Å². The molecule has 0 aliphatic carbocycles. The Morgan fingerprint density at radius 3 is 2.56 bits per heavy atom. The molecule has 0 fully saturated rings. The zero-order chi connectivity index (χ0) is 13.2. The molecule has 0 amide bonds. The molecular weight excluding hydrogens is 264 g/mol. The van der Waals surface area contributed by atoms with Gasteiger partial charge < -0.3 is 0 Å². The van der Waals surface area contributed by atoms with Crippen LogP contribution in [0.5, 0.6) is 0 Å². The molecular formula is C10H9F2N3O2S. The van der Waals surface area contributed by atoms with Gasteiger partial charge in [-0.15, -0.1) is 0 Å². The first-order valence-corrected chi connectivity index (χ1v) is 6.38. The van der Waals surface area contributed by atoms with Gasteiger partial charge in [-0.1, -0.05) is 12.1 Å². The van der Waals surface area contributed by atoms with E-state index in [1.165, 1.54) is 40.0 Å². The number of alkyl halides is 2. The Hall–Kier alpha value is -1.80. The SMILES string of the molecule is O=S(=O)(NC(F)F)c1ccccc1-n1cccn1. The number of sulfonamides is 1. The maximum Gasteiger partial charge on any atom is 0.305 e. The quantitative estimate of drug-likeness (QED) is 0.856. The molecule has 1 aromatic carbocycles. The second-order valence-electron chi connectivity index (χ2n) is 3.34. The summed E-state index contributed by atoms with van der Waals surface area (Å²) in [4.78, 5) is -0.256. The molecule has 8 heteroatoms. The maximum absolute atomic E-state index is 12.2. The van der Waals surface area contributed by atoms with Crippen LogP contribution in [0.15, 0.2) is 47.6 Å². The molecule has 96 valence electrons. The Balaban J connectivity index is 2.53. The topological polar surface area (TPSA) is 64.0 Å². The van der Waals surface area contributed by atoms with E-state index in [2.05, 4.69) is 5.10 Å². The molecule has 0 bridgehead atoms. The number of halogens is 2. The Bertz CT molecular complexity index is 626. The summed E-state index contributed by atoms with van der Waals surface area (Å²) in [6, 6.07) is 7.37. The first-order chi connectivity index (χ1) is 8.50. The number of hydrogen-bond donors (Lipinski definition) is 1. The van der Waals surface area contributed by atoms with Crippen LogP contribution in [-0.2, 0) is 10.0 Å². The highest BCUT2D eigenvalue weighted by atomic mass is 32.2. The van der Waals surface area contributed by atoms with Crippen molar-refractivity contribution >= 4 is 10.0 Å². The molecule has 0 aliphatic rings. The lowest BCUT2D eigenvalue weighted by Crippen LogP contribution is -2.29. The van der Waals surface area contributed by atoms with Crippen molar-refractivity contribution in [2.75, 3.05) is 0 Å². The predicted molar refractivity (Wildman–Crippen MR) is 59.9 cm³/mol. The standard InChI is InChI=1S/C10H9F2N3O2S/c11-10(12)14-18(16,17)9-5-2-1-4-8(9)15-7-3-6-13-15/h1-7,10,14H. The van der Waals surface area contributed by atoms with E-state index in [1.54, 1.807) is 12.1 Å². The van der Waals surface area contributed by atoms with E-state index in [4.69, 9.17) is 0 Å². The molecule has 0 saturated carbocycles. The van der Waals surface area contributed by atoms with Crippen molar-refractivity contribution in [1.29, 1.82) is 0 Å². The minimum absolute atomic E-state index is 0.204. The fourth-order valence-corrected chi connectivity index (χ4v) is 2.52. The Morgan fingerprint density at radius 1 is 1.22 bits per heavy atom. The lowest BCUT2D eigenvalue weighted by molar-refractivity contribution is 0.136. The van der Waals surface area contributed by atoms with E-state index in [9.17, 15) is 17.2 Å². The number of rotatable bonds is 4. The monoisotopic (exact) mass is 273 g/mol. The fraction of sp³-hybridized carbons (Fsp3) is 0.100. The number of para-hydroxylation sites is 1. The zero-order valence-electron chi connectivity index (χ0n) is 8.99. The lowest BCUT2D eigenvalue weighted by atomic mass is 10.3. The molecule has 1 N–H and O–H groups in total. The maximum atomic E-state index is 12.2. The van der Waals surface area contributed by atoms with Crippen molar-refractivity contribution in [2.24, 2.45) is 0 Å². The van der Waals surface area contributed by atoms with Crippen LogP contribution in [0.1, 0.15) is 0 Å². The zero-order valence-corrected chi connectivity index (χ0v) is 9.81. The van der Waals surface area contributed by atoms with Gasteiger partial charge in [0.25, 0.3) is 0 Å². The van der Waals surface area contributed by atoms with Crippen LogP contribution < -0.4 is 4.72 Å². The van der Waals surface area contributed by atoms with Crippen LogP contribution in [0.3, 0.4) is 0 Å². The van der Waals surface area contributed by atoms with Crippen LogP contribution in [0.25, 0.3) is 5.69 Å². The van der Waals surface area contributed by atoms with E-state index in [1.807, 2.05) is 0 Å². The van der Waals surface area contributed by atoms with Crippen molar-refractivity contribution in [3.63, 3.8) is 0 Å². The van der Waals surface area contributed by atoms with Gasteiger partial charge in [0.2, 0.25) is 10.0 Å². The van der Waals surface area contributed by atoms with E-state index >= 15 is 0 Å². The summed E-state index contributed by atoms with van der Waals surface area (Å²) in [5, 5.41) is 3.88. The smallest absolute Gasteiger partial charge is 0.240 e. The van der Waals surface area contributed by atoms with Gasteiger partial charge in [0.05, 0.1) is 5.69 Å². The summed E-state index contributed by atoms with van der Waals surface area (Å²) in [6.07, 6.45) is 2.99. The van der Waals surface area contributed by atoms with E-state index in [-0.39, 0.29) is 10.6 Å². The molecule has 5 nitrogen and oxygen atoms in total. The summed E-state index contributed by atoms with van der Waals surface area (Å²) >= 11 is 0. The molecule has 0 atom stereocenters. The van der Waals surface area contributed by atoms with Gasteiger partial charge in [-0.25, -0.2) is 13.1 Å². The Morgan fingerprint density at radius 2 is 1.94 bits per heavy atom. The van der Waals surface area contributed by atoms with Crippen molar-refractivity contribution in [3.8, 4) is 5.69 Å². The van der Waals surface area contributed by atoms with Gasteiger partial charge >= 0.3 is 6.55 Å². The number of benzene rings is 1. The van der Waals surface area contributed by atoms with E-state index in [0.717, 1.165) is 0 Å². The van der Waals surface area contributed by atoms with Crippen molar-refractivity contribution < 1.29 is 17.2 Å². The average Bonchev–Trinajstić information content (AvgIpc) is 2.80. The van der Waals surface area contributed by atoms with E-state index in [0.29, 0.717) is 0 Å². The van der Waals surface area contributed by atoms with Gasteiger partial charge in [0.15, 0.2) is 0 Å². The summed E-state index contributed by atoms with van der Waals surface area (Å²) in [5.74, 6) is 0. The summed E-state index contributed by atoms with van der Waals surface area (Å²) in [6.45, 7) is -3.15. The number of nitrogens with zero attached hydrogens (tertiary/aromatic N) is 2. The molecule has 0 aliphatic heterocycles. The highest BCUT2D eigenvalue weighted by Crippen LogP contribution is 2.19. The van der Waals surface area contributed by atoms with Gasteiger partial charge in [-0.3, -0.25) is 0 Å². The molecule has 0 saturated heterocycles. The van der Waals surface area contributed by atoms with Gasteiger partial charge in [-0.05, 0) is 18.2 Å². The highest BCUT2D eigenvalue weighted by Gasteiger charge is 2.22. The highest BCUT2D eigenvalue weighted by molar-refractivity contribution is 7.89. The van der Waals surface area contributed by atoms with Crippen LogP contribution >= 0.6 is 0 Å². The molecule has 1 heterocycles. The van der Waals surface area contributed by atoms with E-state index < -0.39 is 16.6 Å². The second kappa shape index (κ2) is 4.83. The second-order valence-corrected chi connectivity index (χ2v) is 5.02. The third kappa shape index (κ3) is 2.54. The van der Waals surface area contributed by atoms with Crippen LogP contribution in [-0.4, -0.2) is 24.7 Å². The van der Waals surface area contributed by atoms with Crippen LogP contribution in [0.2, 0.25) is 0 Å². The molecule has 1 aromatic heterocycles. The summed E-state index contributed by atoms with van der Waals surface area (Å²) in [7, 11) is -4.28. The number of hydrogen-bond acceptors (Lipinski definition) is 3. The third-order valence-electron chi connectivity index (χ3n) is 2.15. The Labute approximate surface area is 102 Å². The third-order valence-corrected chi connectivity index (χ3v) is 3.56. The summed E-state index contributed by atoms with van der Waals surface area (Å²) in [5.41, 5.74) is 0.204. The predicted octanol–water partition coefficient (Wildman–Crippen LogP) is 1.37. The first-order valence-electron chi connectivity index (χ1n) is 4.90. The minimum Gasteiger partial charge on any atom is -0.240 e. The van der Waals surface area contributed by atoms with Crippen molar-refractivity contribution in [2.45, 2.75) is 11.4 Å². The molecule has 2 aromatic rings. The molecule has 0 spiro atoms.